The molecule has 0 aliphatic carbocycles. The fourth-order valence-electron chi connectivity index (χ4n) is 2.24. The highest BCUT2D eigenvalue weighted by atomic mass is 16.5. The Bertz CT molecular complexity index is 231. The third kappa shape index (κ3) is 5.04. The van der Waals surface area contributed by atoms with Crippen molar-refractivity contribution in [2.75, 3.05) is 13.2 Å². The predicted molar refractivity (Wildman–Crippen MR) is 66.9 cm³/mol. The van der Waals surface area contributed by atoms with Crippen LogP contribution in [0.5, 0.6) is 0 Å². The number of esters is 1. The normalized spacial score (nSPS) is 26.5. The van der Waals surface area contributed by atoms with E-state index < -0.39 is 0 Å². The highest BCUT2D eigenvalue weighted by molar-refractivity contribution is 5.75. The third-order valence-corrected chi connectivity index (χ3v) is 3.10. The number of hydrogen-bond donors (Lipinski definition) is 1. The molecule has 0 aromatic carbocycles. The minimum atomic E-state index is -0.222. The van der Waals surface area contributed by atoms with E-state index >= 15 is 0 Å². The summed E-state index contributed by atoms with van der Waals surface area (Å²) in [7, 11) is 0. The van der Waals surface area contributed by atoms with Crippen LogP contribution in [0.4, 0.5) is 0 Å². The van der Waals surface area contributed by atoms with Gasteiger partial charge in [0, 0.05) is 12.6 Å². The molecule has 1 aliphatic heterocycles. The quantitative estimate of drug-likeness (QED) is 0.724. The molecule has 1 aliphatic rings. The van der Waals surface area contributed by atoms with Crippen LogP contribution in [-0.4, -0.2) is 37.4 Å². The van der Waals surface area contributed by atoms with Crippen LogP contribution in [0.1, 0.15) is 46.5 Å². The molecule has 0 radical (unpaired) electrons. The first-order chi connectivity index (χ1) is 8.17. The Balaban J connectivity index is 2.32. The van der Waals surface area contributed by atoms with Crippen LogP contribution < -0.4 is 5.32 Å². The Morgan fingerprint density at radius 3 is 2.94 bits per heavy atom. The largest absolute Gasteiger partial charge is 0.465 e. The molecule has 0 aromatic heterocycles. The second kappa shape index (κ2) is 7.67. The first-order valence-corrected chi connectivity index (χ1v) is 6.71. The van der Waals surface area contributed by atoms with Crippen LogP contribution in [0.2, 0.25) is 0 Å². The average Bonchev–Trinajstić information content (AvgIpc) is 2.30. The van der Waals surface area contributed by atoms with E-state index in [9.17, 15) is 4.79 Å². The van der Waals surface area contributed by atoms with Crippen molar-refractivity contribution >= 4 is 5.97 Å². The molecule has 1 fully saturated rings. The Hall–Kier alpha value is -0.610. The molecule has 1 heterocycles. The zero-order valence-corrected chi connectivity index (χ0v) is 11.2. The lowest BCUT2D eigenvalue weighted by Crippen LogP contribution is -2.46. The first kappa shape index (κ1) is 14.5. The van der Waals surface area contributed by atoms with E-state index in [1.165, 1.54) is 0 Å². The Kier molecular flexibility index (Phi) is 6.52. The maximum Gasteiger partial charge on any atom is 0.322 e. The molecule has 4 nitrogen and oxygen atoms in total. The molecule has 1 rings (SSSR count). The summed E-state index contributed by atoms with van der Waals surface area (Å²) in [6.45, 7) is 7.09. The second-order valence-corrected chi connectivity index (χ2v) is 4.64. The van der Waals surface area contributed by atoms with Crippen LogP contribution in [0, 0.1) is 0 Å². The van der Waals surface area contributed by atoms with Crippen molar-refractivity contribution in [3.05, 3.63) is 0 Å². The molecule has 3 atom stereocenters. The molecule has 1 saturated heterocycles. The van der Waals surface area contributed by atoms with Gasteiger partial charge >= 0.3 is 5.97 Å². The van der Waals surface area contributed by atoms with E-state index in [4.69, 9.17) is 9.47 Å². The maximum absolute atomic E-state index is 11.5. The number of ether oxygens (including phenoxy) is 2. The average molecular weight is 243 g/mol. The molecular weight excluding hydrogens is 218 g/mol. The smallest absolute Gasteiger partial charge is 0.322 e. The zero-order chi connectivity index (χ0) is 12.7. The lowest BCUT2D eigenvalue weighted by Gasteiger charge is -2.31. The number of nitrogens with one attached hydrogen (secondary N) is 1. The number of carbonyl (C=O) groups is 1. The standard InChI is InChI=1S/C13H25NO3/c1-4-6-12-9-11(7-8-17-12)14-10(3)13(15)16-5-2/h10-12,14H,4-9H2,1-3H3. The topological polar surface area (TPSA) is 47.6 Å². The van der Waals surface area contributed by atoms with Gasteiger partial charge in [-0.3, -0.25) is 4.79 Å². The van der Waals surface area contributed by atoms with Crippen molar-refractivity contribution in [1.82, 2.24) is 5.32 Å². The molecule has 0 saturated carbocycles. The summed E-state index contributed by atoms with van der Waals surface area (Å²) >= 11 is 0. The summed E-state index contributed by atoms with van der Waals surface area (Å²) in [5.74, 6) is -0.161. The molecular formula is C13H25NO3. The van der Waals surface area contributed by atoms with Crippen molar-refractivity contribution in [3.8, 4) is 0 Å². The first-order valence-electron chi connectivity index (χ1n) is 6.71. The molecule has 0 spiro atoms. The van der Waals surface area contributed by atoms with Crippen LogP contribution >= 0.6 is 0 Å². The minimum absolute atomic E-state index is 0.161. The van der Waals surface area contributed by atoms with Crippen LogP contribution in [0.3, 0.4) is 0 Å². The monoisotopic (exact) mass is 243 g/mol. The van der Waals surface area contributed by atoms with Gasteiger partial charge in [0.25, 0.3) is 0 Å². The molecule has 0 amide bonds. The molecule has 0 aromatic rings. The Labute approximate surface area is 104 Å². The number of carbonyl (C=O) groups excluding carboxylic acids is 1. The Morgan fingerprint density at radius 2 is 2.29 bits per heavy atom. The molecule has 17 heavy (non-hydrogen) atoms. The van der Waals surface area contributed by atoms with Crippen LogP contribution in [0.15, 0.2) is 0 Å². The fourth-order valence-corrected chi connectivity index (χ4v) is 2.24. The summed E-state index contributed by atoms with van der Waals surface area (Å²) in [4.78, 5) is 11.5. The van der Waals surface area contributed by atoms with E-state index in [-0.39, 0.29) is 12.0 Å². The van der Waals surface area contributed by atoms with Crippen LogP contribution in [-0.2, 0) is 14.3 Å². The van der Waals surface area contributed by atoms with E-state index in [0.29, 0.717) is 18.8 Å². The summed E-state index contributed by atoms with van der Waals surface area (Å²) < 4.78 is 10.7. The van der Waals surface area contributed by atoms with Crippen molar-refractivity contribution in [3.63, 3.8) is 0 Å². The van der Waals surface area contributed by atoms with Gasteiger partial charge in [0.15, 0.2) is 0 Å². The van der Waals surface area contributed by atoms with Gasteiger partial charge < -0.3 is 14.8 Å². The van der Waals surface area contributed by atoms with Crippen molar-refractivity contribution in [2.24, 2.45) is 0 Å². The lowest BCUT2D eigenvalue weighted by atomic mass is 9.99. The van der Waals surface area contributed by atoms with Crippen LogP contribution in [0.25, 0.3) is 0 Å². The highest BCUT2D eigenvalue weighted by Gasteiger charge is 2.25. The molecule has 1 N–H and O–H groups in total. The minimum Gasteiger partial charge on any atom is -0.465 e. The highest BCUT2D eigenvalue weighted by Crippen LogP contribution is 2.18. The van der Waals surface area contributed by atoms with E-state index in [1.807, 2.05) is 13.8 Å². The van der Waals surface area contributed by atoms with Gasteiger partial charge in [-0.2, -0.15) is 0 Å². The second-order valence-electron chi connectivity index (χ2n) is 4.64. The van der Waals surface area contributed by atoms with Crippen molar-refractivity contribution < 1.29 is 14.3 Å². The van der Waals surface area contributed by atoms with Gasteiger partial charge in [-0.05, 0) is 33.1 Å². The lowest BCUT2D eigenvalue weighted by molar-refractivity contribution is -0.145. The van der Waals surface area contributed by atoms with E-state index in [0.717, 1.165) is 32.3 Å². The van der Waals surface area contributed by atoms with Gasteiger partial charge in [0.1, 0.15) is 6.04 Å². The summed E-state index contributed by atoms with van der Waals surface area (Å²) in [6.07, 6.45) is 4.57. The number of hydrogen-bond acceptors (Lipinski definition) is 4. The SMILES string of the molecule is CCCC1CC(NC(C)C(=O)OCC)CCO1. The Morgan fingerprint density at radius 1 is 1.53 bits per heavy atom. The third-order valence-electron chi connectivity index (χ3n) is 3.10. The van der Waals surface area contributed by atoms with E-state index in [2.05, 4.69) is 12.2 Å². The number of rotatable bonds is 6. The molecule has 3 unspecified atom stereocenters. The molecule has 0 bridgehead atoms. The van der Waals surface area contributed by atoms with Gasteiger partial charge in [-0.25, -0.2) is 0 Å². The van der Waals surface area contributed by atoms with E-state index in [1.54, 1.807) is 0 Å². The summed E-state index contributed by atoms with van der Waals surface area (Å²) in [5.41, 5.74) is 0. The van der Waals surface area contributed by atoms with Gasteiger partial charge in [0.2, 0.25) is 0 Å². The van der Waals surface area contributed by atoms with Crippen molar-refractivity contribution in [1.29, 1.82) is 0 Å². The van der Waals surface area contributed by atoms with Crippen molar-refractivity contribution in [2.45, 2.75) is 64.6 Å². The maximum atomic E-state index is 11.5. The van der Waals surface area contributed by atoms with Gasteiger partial charge in [0.05, 0.1) is 12.7 Å². The molecule has 100 valence electrons. The zero-order valence-electron chi connectivity index (χ0n) is 11.2. The summed E-state index contributed by atoms with van der Waals surface area (Å²) in [6, 6.07) is 0.153. The predicted octanol–water partition coefficient (Wildman–Crippen LogP) is 1.88. The fraction of sp³-hybridized carbons (Fsp3) is 0.923. The van der Waals surface area contributed by atoms with Gasteiger partial charge in [-0.1, -0.05) is 13.3 Å². The molecule has 4 heteroatoms. The van der Waals surface area contributed by atoms with Gasteiger partial charge in [-0.15, -0.1) is 0 Å². The summed E-state index contributed by atoms with van der Waals surface area (Å²) in [5, 5.41) is 3.34.